The lowest BCUT2D eigenvalue weighted by Crippen LogP contribution is -2.16. The summed E-state index contributed by atoms with van der Waals surface area (Å²) < 4.78 is 67.2. The van der Waals surface area contributed by atoms with Gasteiger partial charge >= 0.3 is 6.30 Å². The molecule has 3 aromatic heterocycles. The summed E-state index contributed by atoms with van der Waals surface area (Å²) in [5, 5.41) is 3.88. The Morgan fingerprint density at radius 3 is 2.38 bits per heavy atom. The van der Waals surface area contributed by atoms with Crippen LogP contribution in [-0.2, 0) is 16.3 Å². The van der Waals surface area contributed by atoms with E-state index in [0.717, 1.165) is 47.6 Å². The van der Waals surface area contributed by atoms with Gasteiger partial charge < -0.3 is 0 Å². The molecule has 0 amide bonds. The molecule has 1 fully saturated rings. The fourth-order valence-corrected chi connectivity index (χ4v) is 5.74. The lowest BCUT2D eigenvalue weighted by Gasteiger charge is -2.23. The molecule has 176 valence electrons. The van der Waals surface area contributed by atoms with Crippen molar-refractivity contribution < 1.29 is 21.6 Å². The summed E-state index contributed by atoms with van der Waals surface area (Å²) in [7, 11) is -4.03. The van der Waals surface area contributed by atoms with E-state index < -0.39 is 16.3 Å². The number of aromatic nitrogens is 4. The van der Waals surface area contributed by atoms with Gasteiger partial charge in [-0.3, -0.25) is 0 Å². The summed E-state index contributed by atoms with van der Waals surface area (Å²) in [6, 6.07) is 9.69. The maximum atomic E-state index is 13.4. The van der Waals surface area contributed by atoms with E-state index in [2.05, 4.69) is 16.7 Å². The Morgan fingerprint density at radius 1 is 1.03 bits per heavy atom. The van der Waals surface area contributed by atoms with Crippen molar-refractivity contribution in [3.8, 4) is 11.1 Å². The van der Waals surface area contributed by atoms with E-state index in [1.54, 1.807) is 24.4 Å². The molecule has 5 rings (SSSR count). The van der Waals surface area contributed by atoms with Crippen LogP contribution in [0.1, 0.15) is 37.2 Å². The standard InChI is InChI=1S/C24H21F3N4O2S/c1-16-7-9-17(10-8-16)18-11-21-22(19-13-29-31(14-19)24(25,26)27)15-30(23(21)28-12-18)34(32,33)20-5-3-2-4-6-20/h2-6,11-15,17H,1,7-10H2. The minimum atomic E-state index is -4.68. The molecule has 0 atom stereocenters. The van der Waals surface area contributed by atoms with Gasteiger partial charge in [0.1, 0.15) is 0 Å². The van der Waals surface area contributed by atoms with Crippen LogP contribution in [-0.4, -0.2) is 27.2 Å². The number of halogens is 3. The first-order valence-electron chi connectivity index (χ1n) is 10.7. The van der Waals surface area contributed by atoms with Crippen molar-refractivity contribution in [2.75, 3.05) is 0 Å². The fourth-order valence-electron chi connectivity index (χ4n) is 4.40. The predicted molar refractivity (Wildman–Crippen MR) is 122 cm³/mol. The molecule has 0 N–H and O–H groups in total. The molecule has 34 heavy (non-hydrogen) atoms. The average Bonchev–Trinajstić information content (AvgIpc) is 3.45. The van der Waals surface area contributed by atoms with Crippen LogP contribution in [0, 0.1) is 0 Å². The molecule has 0 unspecified atom stereocenters. The third-order valence-corrected chi connectivity index (χ3v) is 7.91. The molecule has 1 aliphatic carbocycles. The summed E-state index contributed by atoms with van der Waals surface area (Å²) in [4.78, 5) is 4.54. The Balaban J connectivity index is 1.69. The van der Waals surface area contributed by atoms with Crippen molar-refractivity contribution in [3.63, 3.8) is 0 Å². The maximum absolute atomic E-state index is 13.4. The van der Waals surface area contributed by atoms with Gasteiger partial charge in [-0.2, -0.15) is 9.78 Å². The molecular weight excluding hydrogens is 465 g/mol. The molecule has 1 aliphatic rings. The summed E-state index contributed by atoms with van der Waals surface area (Å²) in [6.07, 6.45) is 3.85. The monoisotopic (exact) mass is 486 g/mol. The Labute approximate surface area is 194 Å². The van der Waals surface area contributed by atoms with E-state index in [1.807, 2.05) is 6.07 Å². The Kier molecular flexibility index (Phi) is 5.35. The van der Waals surface area contributed by atoms with E-state index in [4.69, 9.17) is 0 Å². The Morgan fingerprint density at radius 2 is 1.74 bits per heavy atom. The van der Waals surface area contributed by atoms with Gasteiger partial charge in [0.05, 0.1) is 11.1 Å². The highest BCUT2D eigenvalue weighted by atomic mass is 32.2. The van der Waals surface area contributed by atoms with Crippen LogP contribution >= 0.6 is 0 Å². The van der Waals surface area contributed by atoms with Gasteiger partial charge in [-0.15, -0.1) is 13.2 Å². The van der Waals surface area contributed by atoms with Crippen molar-refractivity contribution in [2.45, 2.75) is 42.8 Å². The van der Waals surface area contributed by atoms with Crippen LogP contribution in [0.4, 0.5) is 13.2 Å². The SMILES string of the molecule is C=C1CCC(c2cnc3c(c2)c(-c2cnn(C(F)(F)F)c2)cn3S(=O)(=O)c2ccccc2)CC1. The van der Waals surface area contributed by atoms with Gasteiger partial charge in [0, 0.05) is 35.1 Å². The predicted octanol–water partition coefficient (Wildman–Crippen LogP) is 5.83. The molecule has 3 heterocycles. The molecule has 1 aromatic carbocycles. The molecule has 0 aliphatic heterocycles. The highest BCUT2D eigenvalue weighted by molar-refractivity contribution is 7.90. The van der Waals surface area contributed by atoms with Crippen molar-refractivity contribution in [3.05, 3.63) is 78.9 Å². The second-order valence-corrected chi connectivity index (χ2v) is 10.3. The minimum absolute atomic E-state index is 0.0566. The fraction of sp³-hybridized carbons (Fsp3) is 0.250. The van der Waals surface area contributed by atoms with Crippen LogP contribution in [0.3, 0.4) is 0 Å². The quantitative estimate of drug-likeness (QED) is 0.341. The molecule has 10 heteroatoms. The topological polar surface area (TPSA) is 69.8 Å². The van der Waals surface area contributed by atoms with Gasteiger partial charge in [-0.1, -0.05) is 30.4 Å². The van der Waals surface area contributed by atoms with E-state index in [0.29, 0.717) is 10.9 Å². The summed E-state index contributed by atoms with van der Waals surface area (Å²) in [5.74, 6) is 0.224. The first kappa shape index (κ1) is 22.4. The second kappa shape index (κ2) is 8.12. The minimum Gasteiger partial charge on any atom is -0.237 e. The molecule has 0 spiro atoms. The lowest BCUT2D eigenvalue weighted by molar-refractivity contribution is -0.212. The van der Waals surface area contributed by atoms with Crippen molar-refractivity contribution in [2.24, 2.45) is 0 Å². The third-order valence-electron chi connectivity index (χ3n) is 6.25. The molecule has 0 bridgehead atoms. The molecular formula is C24H21F3N4O2S. The van der Waals surface area contributed by atoms with Crippen LogP contribution in [0.15, 0.2) is 78.2 Å². The number of rotatable bonds is 4. The molecule has 6 nitrogen and oxygen atoms in total. The highest BCUT2D eigenvalue weighted by Crippen LogP contribution is 2.38. The number of benzene rings is 1. The smallest absolute Gasteiger partial charge is 0.237 e. The first-order valence-corrected chi connectivity index (χ1v) is 12.2. The van der Waals surface area contributed by atoms with Gasteiger partial charge in [0.15, 0.2) is 5.65 Å². The van der Waals surface area contributed by atoms with Gasteiger partial charge in [0.25, 0.3) is 10.0 Å². The maximum Gasteiger partial charge on any atom is 0.504 e. The van der Waals surface area contributed by atoms with Crippen molar-refractivity contribution >= 4 is 21.1 Å². The molecule has 1 saturated carbocycles. The summed E-state index contributed by atoms with van der Waals surface area (Å²) >= 11 is 0. The third kappa shape index (κ3) is 3.91. The van der Waals surface area contributed by atoms with Crippen molar-refractivity contribution in [1.29, 1.82) is 0 Å². The second-order valence-electron chi connectivity index (χ2n) is 8.46. The van der Waals surface area contributed by atoms with Crippen LogP contribution in [0.5, 0.6) is 0 Å². The molecule has 0 saturated heterocycles. The number of hydrogen-bond acceptors (Lipinski definition) is 4. The zero-order chi connectivity index (χ0) is 24.1. The number of allylic oxidation sites excluding steroid dienone is 1. The zero-order valence-electron chi connectivity index (χ0n) is 18.0. The van der Waals surface area contributed by atoms with Gasteiger partial charge in [-0.05, 0) is 55.4 Å². The van der Waals surface area contributed by atoms with E-state index in [-0.39, 0.29) is 26.7 Å². The lowest BCUT2D eigenvalue weighted by atomic mass is 9.82. The molecule has 0 radical (unpaired) electrons. The van der Waals surface area contributed by atoms with Crippen LogP contribution in [0.25, 0.3) is 22.2 Å². The van der Waals surface area contributed by atoms with E-state index >= 15 is 0 Å². The van der Waals surface area contributed by atoms with Gasteiger partial charge in [-0.25, -0.2) is 17.4 Å². The number of alkyl halides is 3. The number of hydrogen-bond donors (Lipinski definition) is 0. The van der Waals surface area contributed by atoms with E-state index in [1.165, 1.54) is 23.9 Å². The van der Waals surface area contributed by atoms with Crippen LogP contribution < -0.4 is 0 Å². The molecule has 4 aromatic rings. The van der Waals surface area contributed by atoms with E-state index in [9.17, 15) is 21.6 Å². The largest absolute Gasteiger partial charge is 0.504 e. The highest BCUT2D eigenvalue weighted by Gasteiger charge is 2.32. The summed E-state index contributed by atoms with van der Waals surface area (Å²) in [6.45, 7) is 4.04. The Hall–Kier alpha value is -3.40. The number of pyridine rings is 1. The number of fused-ring (bicyclic) bond motifs is 1. The summed E-state index contributed by atoms with van der Waals surface area (Å²) in [5.41, 5.74) is 2.76. The Bertz CT molecular complexity index is 1480. The van der Waals surface area contributed by atoms with Gasteiger partial charge in [0.2, 0.25) is 0 Å². The average molecular weight is 487 g/mol. The normalized spacial score (nSPS) is 15.8. The zero-order valence-corrected chi connectivity index (χ0v) is 18.9. The first-order chi connectivity index (χ1) is 16.1. The van der Waals surface area contributed by atoms with Crippen LogP contribution in [0.2, 0.25) is 0 Å². The van der Waals surface area contributed by atoms with Crippen molar-refractivity contribution in [1.82, 2.24) is 18.7 Å². The number of nitrogens with zero attached hydrogens (tertiary/aromatic N) is 4.